The van der Waals surface area contributed by atoms with E-state index in [-0.39, 0.29) is 5.69 Å². The van der Waals surface area contributed by atoms with E-state index in [1.165, 1.54) is 6.20 Å². The summed E-state index contributed by atoms with van der Waals surface area (Å²) >= 11 is 0. The Kier molecular flexibility index (Phi) is 2.52. The maximum absolute atomic E-state index is 10.8. The molecule has 0 amide bonds. The summed E-state index contributed by atoms with van der Waals surface area (Å²) in [5.41, 5.74) is 1.60. The molecule has 1 N–H and O–H groups in total. The molecule has 1 aliphatic rings. The number of aromatic carboxylic acids is 1. The van der Waals surface area contributed by atoms with Gasteiger partial charge in [0.1, 0.15) is 0 Å². The minimum absolute atomic E-state index is 0.0307. The third kappa shape index (κ3) is 1.84. The SMILES string of the molecule is CN1CCC(c2ccc3nc(C(=O)O)cn3n2)C1. The molecule has 2 aromatic rings. The smallest absolute Gasteiger partial charge is 0.356 e. The molecular formula is C12H14N4O2. The van der Waals surface area contributed by atoms with Crippen LogP contribution in [-0.2, 0) is 0 Å². The van der Waals surface area contributed by atoms with Gasteiger partial charge < -0.3 is 10.0 Å². The van der Waals surface area contributed by atoms with Crippen LogP contribution in [0.15, 0.2) is 18.3 Å². The standard InChI is InChI=1S/C12H14N4O2/c1-15-5-4-8(6-15)9-2-3-11-13-10(12(17)18)7-16(11)14-9/h2-3,7-8H,4-6H2,1H3,(H,17,18). The lowest BCUT2D eigenvalue weighted by Crippen LogP contribution is -2.14. The monoisotopic (exact) mass is 246 g/mol. The molecule has 0 aliphatic carbocycles. The third-order valence-electron chi connectivity index (χ3n) is 3.37. The van der Waals surface area contributed by atoms with E-state index in [4.69, 9.17) is 5.11 Å². The fourth-order valence-corrected chi connectivity index (χ4v) is 2.39. The molecule has 0 radical (unpaired) electrons. The normalized spacial score (nSPS) is 20.6. The lowest BCUT2D eigenvalue weighted by molar-refractivity contribution is 0.0691. The first-order valence-electron chi connectivity index (χ1n) is 5.91. The van der Waals surface area contributed by atoms with Gasteiger partial charge in [-0.25, -0.2) is 14.3 Å². The van der Waals surface area contributed by atoms with Crippen molar-refractivity contribution >= 4 is 11.6 Å². The first kappa shape index (κ1) is 11.2. The molecule has 6 heteroatoms. The van der Waals surface area contributed by atoms with Crippen LogP contribution in [0.2, 0.25) is 0 Å². The van der Waals surface area contributed by atoms with E-state index in [1.54, 1.807) is 4.52 Å². The highest BCUT2D eigenvalue weighted by atomic mass is 16.4. The summed E-state index contributed by atoms with van der Waals surface area (Å²) in [5, 5.41) is 13.4. The van der Waals surface area contributed by atoms with E-state index in [9.17, 15) is 4.79 Å². The van der Waals surface area contributed by atoms with Crippen molar-refractivity contribution in [3.8, 4) is 0 Å². The quantitative estimate of drug-likeness (QED) is 0.850. The Bertz CT molecular complexity index is 607. The number of hydrogen-bond acceptors (Lipinski definition) is 4. The summed E-state index contributed by atoms with van der Waals surface area (Å²) in [6, 6.07) is 3.77. The fourth-order valence-electron chi connectivity index (χ4n) is 2.39. The van der Waals surface area contributed by atoms with Gasteiger partial charge in [0.15, 0.2) is 11.3 Å². The molecule has 94 valence electrons. The Labute approximate surface area is 104 Å². The first-order chi connectivity index (χ1) is 8.63. The van der Waals surface area contributed by atoms with Gasteiger partial charge in [-0.3, -0.25) is 0 Å². The third-order valence-corrected chi connectivity index (χ3v) is 3.37. The minimum Gasteiger partial charge on any atom is -0.476 e. The summed E-state index contributed by atoms with van der Waals surface area (Å²) in [4.78, 5) is 17.1. The van der Waals surface area contributed by atoms with E-state index < -0.39 is 5.97 Å². The van der Waals surface area contributed by atoms with Crippen molar-refractivity contribution in [2.75, 3.05) is 20.1 Å². The van der Waals surface area contributed by atoms with Crippen molar-refractivity contribution < 1.29 is 9.90 Å². The van der Waals surface area contributed by atoms with Gasteiger partial charge in [-0.05, 0) is 32.1 Å². The zero-order valence-corrected chi connectivity index (χ0v) is 10.1. The zero-order chi connectivity index (χ0) is 12.7. The molecule has 3 rings (SSSR count). The van der Waals surface area contributed by atoms with Gasteiger partial charge in [-0.1, -0.05) is 0 Å². The molecule has 0 bridgehead atoms. The number of fused-ring (bicyclic) bond motifs is 1. The summed E-state index contributed by atoms with van der Waals surface area (Å²) in [5.74, 6) is -0.599. The van der Waals surface area contributed by atoms with Gasteiger partial charge in [0.05, 0.1) is 11.9 Å². The Morgan fingerprint density at radius 2 is 2.33 bits per heavy atom. The van der Waals surface area contributed by atoms with Gasteiger partial charge in [0, 0.05) is 12.5 Å². The minimum atomic E-state index is -1.03. The second-order valence-corrected chi connectivity index (χ2v) is 4.74. The Balaban J connectivity index is 1.97. The van der Waals surface area contributed by atoms with Crippen LogP contribution in [0.1, 0.15) is 28.5 Å². The fraction of sp³-hybridized carbons (Fsp3) is 0.417. The van der Waals surface area contributed by atoms with Crippen LogP contribution >= 0.6 is 0 Å². The lowest BCUT2D eigenvalue weighted by Gasteiger charge is -2.09. The van der Waals surface area contributed by atoms with E-state index in [2.05, 4.69) is 22.0 Å². The van der Waals surface area contributed by atoms with Crippen LogP contribution in [0.25, 0.3) is 5.65 Å². The van der Waals surface area contributed by atoms with Gasteiger partial charge >= 0.3 is 5.97 Å². The van der Waals surface area contributed by atoms with E-state index >= 15 is 0 Å². The second-order valence-electron chi connectivity index (χ2n) is 4.74. The molecule has 3 heterocycles. The molecule has 0 spiro atoms. The van der Waals surface area contributed by atoms with Gasteiger partial charge in [0.2, 0.25) is 0 Å². The predicted molar refractivity (Wildman–Crippen MR) is 64.8 cm³/mol. The van der Waals surface area contributed by atoms with Gasteiger partial charge in [-0.2, -0.15) is 5.10 Å². The molecule has 0 saturated carbocycles. The largest absolute Gasteiger partial charge is 0.476 e. The number of imidazole rings is 1. The maximum Gasteiger partial charge on any atom is 0.356 e. The average Bonchev–Trinajstić information content (AvgIpc) is 2.93. The van der Waals surface area contributed by atoms with E-state index in [0.717, 1.165) is 25.2 Å². The molecule has 0 aromatic carbocycles. The topological polar surface area (TPSA) is 70.7 Å². The molecule has 18 heavy (non-hydrogen) atoms. The summed E-state index contributed by atoms with van der Waals surface area (Å²) in [7, 11) is 2.10. The Morgan fingerprint density at radius 3 is 3.00 bits per heavy atom. The molecule has 2 aromatic heterocycles. The highest BCUT2D eigenvalue weighted by molar-refractivity contribution is 5.85. The lowest BCUT2D eigenvalue weighted by atomic mass is 10.1. The molecule has 1 unspecified atom stereocenters. The summed E-state index contributed by atoms with van der Waals surface area (Å²) in [6.07, 6.45) is 2.55. The number of rotatable bonds is 2. The number of aromatic nitrogens is 3. The number of carboxylic acid groups (broad SMARTS) is 1. The van der Waals surface area contributed by atoms with Crippen LogP contribution in [0.3, 0.4) is 0 Å². The van der Waals surface area contributed by atoms with Crippen LogP contribution in [0, 0.1) is 0 Å². The van der Waals surface area contributed by atoms with Crippen molar-refractivity contribution in [3.63, 3.8) is 0 Å². The van der Waals surface area contributed by atoms with Crippen LogP contribution in [0.4, 0.5) is 0 Å². The van der Waals surface area contributed by atoms with Gasteiger partial charge in [0.25, 0.3) is 0 Å². The van der Waals surface area contributed by atoms with Crippen molar-refractivity contribution in [1.29, 1.82) is 0 Å². The predicted octanol–water partition coefficient (Wildman–Crippen LogP) is 0.847. The van der Waals surface area contributed by atoms with E-state index in [0.29, 0.717) is 11.6 Å². The van der Waals surface area contributed by atoms with Crippen molar-refractivity contribution in [1.82, 2.24) is 19.5 Å². The van der Waals surface area contributed by atoms with Crippen LogP contribution in [0.5, 0.6) is 0 Å². The zero-order valence-electron chi connectivity index (χ0n) is 10.1. The van der Waals surface area contributed by atoms with Crippen LogP contribution < -0.4 is 0 Å². The van der Waals surface area contributed by atoms with E-state index in [1.807, 2.05) is 12.1 Å². The van der Waals surface area contributed by atoms with Crippen LogP contribution in [-0.4, -0.2) is 50.7 Å². The first-order valence-corrected chi connectivity index (χ1v) is 5.91. The maximum atomic E-state index is 10.8. The Hall–Kier alpha value is -1.95. The molecular weight excluding hydrogens is 232 g/mol. The van der Waals surface area contributed by atoms with Crippen molar-refractivity contribution in [3.05, 3.63) is 29.7 Å². The van der Waals surface area contributed by atoms with Gasteiger partial charge in [-0.15, -0.1) is 0 Å². The summed E-state index contributed by atoms with van der Waals surface area (Å²) < 4.78 is 1.55. The number of nitrogens with zero attached hydrogens (tertiary/aromatic N) is 4. The number of carbonyl (C=O) groups is 1. The highest BCUT2D eigenvalue weighted by Gasteiger charge is 2.22. The number of likely N-dealkylation sites (tertiary alicyclic amines) is 1. The Morgan fingerprint density at radius 1 is 1.50 bits per heavy atom. The second kappa shape index (κ2) is 4.06. The molecule has 1 aliphatic heterocycles. The molecule has 6 nitrogen and oxygen atoms in total. The molecule has 1 atom stereocenters. The van der Waals surface area contributed by atoms with Crippen molar-refractivity contribution in [2.45, 2.75) is 12.3 Å². The summed E-state index contributed by atoms with van der Waals surface area (Å²) in [6.45, 7) is 2.08. The molecule has 1 saturated heterocycles. The number of carboxylic acids is 1. The average molecular weight is 246 g/mol. The number of hydrogen-bond donors (Lipinski definition) is 1. The highest BCUT2D eigenvalue weighted by Crippen LogP contribution is 2.24. The molecule has 1 fully saturated rings. The number of likely N-dealkylation sites (N-methyl/N-ethyl adjacent to an activating group) is 1. The van der Waals surface area contributed by atoms with Crippen molar-refractivity contribution in [2.24, 2.45) is 0 Å².